The van der Waals surface area contributed by atoms with Crippen LogP contribution in [0.5, 0.6) is 0 Å². The van der Waals surface area contributed by atoms with E-state index in [1.54, 1.807) is 0 Å². The Hall–Kier alpha value is -1.27. The minimum atomic E-state index is 0.636. The highest BCUT2D eigenvalue weighted by Crippen LogP contribution is 2.26. The Labute approximate surface area is 179 Å². The van der Waals surface area contributed by atoms with Crippen LogP contribution in [0.25, 0.3) is 0 Å². The van der Waals surface area contributed by atoms with Crippen molar-refractivity contribution < 1.29 is 0 Å². The van der Waals surface area contributed by atoms with Crippen molar-refractivity contribution >= 4 is 11.6 Å². The molecule has 1 heteroatoms. The van der Waals surface area contributed by atoms with E-state index < -0.39 is 0 Å². The van der Waals surface area contributed by atoms with Gasteiger partial charge in [0.25, 0.3) is 0 Å². The Kier molecular flexibility index (Phi) is 12.2. The molecule has 0 N–H and O–H groups in total. The third kappa shape index (κ3) is 9.28. The van der Waals surface area contributed by atoms with Crippen LogP contribution in [0.15, 0.2) is 48.5 Å². The molecule has 2 aromatic carbocycles. The molecule has 0 nitrogen and oxygen atoms in total. The van der Waals surface area contributed by atoms with Crippen LogP contribution in [0.2, 0.25) is 0 Å². The Morgan fingerprint density at radius 1 is 0.821 bits per heavy atom. The minimum Gasteiger partial charge on any atom is -0.122 e. The van der Waals surface area contributed by atoms with Gasteiger partial charge in [0.15, 0.2) is 0 Å². The van der Waals surface area contributed by atoms with Gasteiger partial charge in [0.2, 0.25) is 0 Å². The molecular formula is C27H41Cl. The quantitative estimate of drug-likeness (QED) is 0.369. The Bertz CT molecular complexity index is 643. The molecule has 0 amide bonds. The number of aryl methyl sites for hydroxylation is 1. The molecule has 1 unspecified atom stereocenters. The lowest BCUT2D eigenvalue weighted by atomic mass is 9.88. The molecule has 0 aliphatic heterocycles. The van der Waals surface area contributed by atoms with Crippen LogP contribution in [0.1, 0.15) is 89.0 Å². The summed E-state index contributed by atoms with van der Waals surface area (Å²) in [5, 5.41) is 0. The molecule has 0 bridgehead atoms. The van der Waals surface area contributed by atoms with Gasteiger partial charge in [0, 0.05) is 5.88 Å². The molecule has 0 saturated carbocycles. The van der Waals surface area contributed by atoms with E-state index in [4.69, 9.17) is 11.6 Å². The average molecular weight is 401 g/mol. The van der Waals surface area contributed by atoms with E-state index in [9.17, 15) is 0 Å². The van der Waals surface area contributed by atoms with E-state index in [1.807, 2.05) is 0 Å². The lowest BCUT2D eigenvalue weighted by molar-refractivity contribution is 0.489. The van der Waals surface area contributed by atoms with Gasteiger partial charge in [0.05, 0.1) is 0 Å². The summed E-state index contributed by atoms with van der Waals surface area (Å²) >= 11 is 5.93. The van der Waals surface area contributed by atoms with Gasteiger partial charge >= 0.3 is 0 Å². The van der Waals surface area contributed by atoms with Crippen molar-refractivity contribution in [1.82, 2.24) is 0 Å². The van der Waals surface area contributed by atoms with Crippen molar-refractivity contribution in [2.75, 3.05) is 0 Å². The Morgan fingerprint density at radius 2 is 1.50 bits per heavy atom. The summed E-state index contributed by atoms with van der Waals surface area (Å²) in [5.74, 6) is 2.91. The highest BCUT2D eigenvalue weighted by Gasteiger charge is 2.10. The predicted octanol–water partition coefficient (Wildman–Crippen LogP) is 8.80. The second kappa shape index (κ2) is 13.8. The molecule has 0 aromatic heterocycles. The van der Waals surface area contributed by atoms with Gasteiger partial charge in [-0.15, -0.1) is 11.6 Å². The summed E-state index contributed by atoms with van der Waals surface area (Å²) in [6.45, 7) is 13.6. The minimum absolute atomic E-state index is 0.636. The predicted molar refractivity (Wildman–Crippen MR) is 127 cm³/mol. The topological polar surface area (TPSA) is 0 Å². The summed E-state index contributed by atoms with van der Waals surface area (Å²) in [6, 6.07) is 17.6. The first-order chi connectivity index (χ1) is 13.4. The molecule has 0 spiro atoms. The van der Waals surface area contributed by atoms with Gasteiger partial charge in [-0.3, -0.25) is 0 Å². The lowest BCUT2D eigenvalue weighted by Gasteiger charge is -2.17. The standard InChI is InChI=1S/C14H21Cl.C13H20/c1-4-5-13-9-12(8-11(2)3)6-7-14(13)10-15;1-4-12(10-11(2)3)13-8-6-5-7-9-13/h6-7,9,11H,4-5,8,10H2,1-3H3;5-9,11-12H,4,10H2,1-3H3. The molecule has 0 aliphatic rings. The fourth-order valence-corrected chi connectivity index (χ4v) is 4.00. The van der Waals surface area contributed by atoms with Crippen molar-refractivity contribution in [2.24, 2.45) is 11.8 Å². The van der Waals surface area contributed by atoms with Crippen LogP contribution in [-0.4, -0.2) is 0 Å². The largest absolute Gasteiger partial charge is 0.122 e. The van der Waals surface area contributed by atoms with Crippen molar-refractivity contribution in [3.05, 3.63) is 70.8 Å². The van der Waals surface area contributed by atoms with E-state index >= 15 is 0 Å². The highest BCUT2D eigenvalue weighted by molar-refractivity contribution is 6.17. The van der Waals surface area contributed by atoms with Crippen molar-refractivity contribution in [1.29, 1.82) is 0 Å². The van der Waals surface area contributed by atoms with Crippen LogP contribution in [-0.2, 0) is 18.7 Å². The fourth-order valence-electron chi connectivity index (χ4n) is 3.74. The normalized spacial score (nSPS) is 12.0. The summed E-state index contributed by atoms with van der Waals surface area (Å²) < 4.78 is 0. The van der Waals surface area contributed by atoms with E-state index in [0.29, 0.717) is 5.88 Å². The first-order valence-corrected chi connectivity index (χ1v) is 11.7. The van der Waals surface area contributed by atoms with Gasteiger partial charge in [0.1, 0.15) is 0 Å². The van der Waals surface area contributed by atoms with E-state index in [-0.39, 0.29) is 0 Å². The maximum absolute atomic E-state index is 5.93. The maximum Gasteiger partial charge on any atom is 0.0476 e. The summed E-state index contributed by atoms with van der Waals surface area (Å²) in [6.07, 6.45) is 6.06. The zero-order valence-corrected chi connectivity index (χ0v) is 19.7. The lowest BCUT2D eigenvalue weighted by Crippen LogP contribution is -2.01. The molecular weight excluding hydrogens is 360 g/mol. The smallest absolute Gasteiger partial charge is 0.0476 e. The second-order valence-corrected chi connectivity index (χ2v) is 9.00. The molecule has 0 heterocycles. The molecule has 0 fully saturated rings. The summed E-state index contributed by atoms with van der Waals surface area (Å²) in [7, 11) is 0. The SMILES string of the molecule is CCC(CC(C)C)c1ccccc1.CCCc1cc(CC(C)C)ccc1CCl. The molecule has 0 radical (unpaired) electrons. The number of alkyl halides is 1. The zero-order chi connectivity index (χ0) is 20.9. The van der Waals surface area contributed by atoms with Crippen LogP contribution in [0.3, 0.4) is 0 Å². The zero-order valence-electron chi connectivity index (χ0n) is 19.0. The van der Waals surface area contributed by atoms with Gasteiger partial charge in [-0.25, -0.2) is 0 Å². The van der Waals surface area contributed by atoms with E-state index in [2.05, 4.69) is 90.1 Å². The highest BCUT2D eigenvalue weighted by atomic mass is 35.5. The molecule has 0 saturated heterocycles. The monoisotopic (exact) mass is 400 g/mol. The van der Waals surface area contributed by atoms with Gasteiger partial charge < -0.3 is 0 Å². The van der Waals surface area contributed by atoms with Crippen molar-refractivity contribution in [2.45, 2.75) is 85.4 Å². The number of benzene rings is 2. The maximum atomic E-state index is 5.93. The molecule has 156 valence electrons. The third-order valence-corrected chi connectivity index (χ3v) is 5.39. The van der Waals surface area contributed by atoms with Gasteiger partial charge in [-0.1, -0.05) is 96.5 Å². The van der Waals surface area contributed by atoms with Crippen LogP contribution in [0, 0.1) is 11.8 Å². The number of rotatable bonds is 9. The first kappa shape index (κ1) is 24.8. The van der Waals surface area contributed by atoms with Gasteiger partial charge in [-0.2, -0.15) is 0 Å². The van der Waals surface area contributed by atoms with Crippen LogP contribution < -0.4 is 0 Å². The van der Waals surface area contributed by atoms with Gasteiger partial charge in [-0.05, 0) is 65.7 Å². The summed E-state index contributed by atoms with van der Waals surface area (Å²) in [5.41, 5.74) is 5.68. The number of hydrogen-bond donors (Lipinski definition) is 0. The van der Waals surface area contributed by atoms with Crippen LogP contribution in [0.4, 0.5) is 0 Å². The van der Waals surface area contributed by atoms with Crippen LogP contribution >= 0.6 is 11.6 Å². The average Bonchev–Trinajstić information content (AvgIpc) is 2.67. The fraction of sp³-hybridized carbons (Fsp3) is 0.556. The molecule has 1 atom stereocenters. The molecule has 2 rings (SSSR count). The molecule has 2 aromatic rings. The third-order valence-electron chi connectivity index (χ3n) is 5.10. The van der Waals surface area contributed by atoms with Crippen molar-refractivity contribution in [3.8, 4) is 0 Å². The van der Waals surface area contributed by atoms with Crippen molar-refractivity contribution in [3.63, 3.8) is 0 Å². The second-order valence-electron chi connectivity index (χ2n) is 8.73. The number of halogens is 1. The van der Waals surface area contributed by atoms with E-state index in [0.717, 1.165) is 24.2 Å². The van der Waals surface area contributed by atoms with E-state index in [1.165, 1.54) is 47.9 Å². The molecule has 28 heavy (non-hydrogen) atoms. The number of hydrogen-bond acceptors (Lipinski definition) is 0. The Balaban J connectivity index is 0.000000283. The molecule has 0 aliphatic carbocycles. The summed E-state index contributed by atoms with van der Waals surface area (Å²) in [4.78, 5) is 0. The Morgan fingerprint density at radius 3 is 2.00 bits per heavy atom. The first-order valence-electron chi connectivity index (χ1n) is 11.1.